The van der Waals surface area contributed by atoms with E-state index < -0.39 is 5.97 Å². The summed E-state index contributed by atoms with van der Waals surface area (Å²) in [6.45, 7) is 3.43. The summed E-state index contributed by atoms with van der Waals surface area (Å²) in [7, 11) is 0. The van der Waals surface area contributed by atoms with Crippen LogP contribution in [0.1, 0.15) is 28.5 Å². The molecule has 0 aliphatic heterocycles. The van der Waals surface area contributed by atoms with Crippen molar-refractivity contribution in [3.05, 3.63) is 59.4 Å². The van der Waals surface area contributed by atoms with Crippen molar-refractivity contribution in [1.82, 2.24) is 9.38 Å². The van der Waals surface area contributed by atoms with Gasteiger partial charge in [-0.15, -0.1) is 10.2 Å². The first-order valence-electron chi connectivity index (χ1n) is 7.66. The number of carboxylic acid groups (broad SMARTS) is 1. The fraction of sp³-hybridized carbons (Fsp3) is 0.167. The molecule has 0 radical (unpaired) electrons. The van der Waals surface area contributed by atoms with Crippen LogP contribution in [0.3, 0.4) is 0 Å². The molecular weight excluding hydrogens is 320 g/mol. The molecular formula is C18H16N4O3. The molecule has 7 heteroatoms. The van der Waals surface area contributed by atoms with Crippen molar-refractivity contribution in [2.75, 3.05) is 0 Å². The summed E-state index contributed by atoms with van der Waals surface area (Å²) >= 11 is 0. The van der Waals surface area contributed by atoms with E-state index in [0.717, 1.165) is 5.56 Å². The summed E-state index contributed by atoms with van der Waals surface area (Å²) in [5.41, 5.74) is 3.14. The van der Waals surface area contributed by atoms with Gasteiger partial charge in [-0.1, -0.05) is 0 Å². The number of Topliss-reactive ketones (excluding diaryl/α,β-unsaturated/α-hetero) is 1. The van der Waals surface area contributed by atoms with Gasteiger partial charge >= 0.3 is 5.97 Å². The van der Waals surface area contributed by atoms with Crippen molar-refractivity contribution in [1.29, 1.82) is 0 Å². The van der Waals surface area contributed by atoms with Gasteiger partial charge in [0.2, 0.25) is 0 Å². The zero-order chi connectivity index (χ0) is 18.0. The predicted molar refractivity (Wildman–Crippen MR) is 91.9 cm³/mol. The standard InChI is InChI=1S/C18H16N4O3/c1-11-7-8-22-16(9-11)19-15(10-17(24)25)18(22)21-20-14-5-3-13(4-6-14)12(2)23/h3-9H,10H2,1-2H3,(H,24,25). The number of hydrogen-bond acceptors (Lipinski definition) is 5. The molecule has 2 aromatic heterocycles. The van der Waals surface area contributed by atoms with Gasteiger partial charge in [-0.05, 0) is 55.8 Å². The van der Waals surface area contributed by atoms with Crippen molar-refractivity contribution in [2.24, 2.45) is 10.2 Å². The van der Waals surface area contributed by atoms with Crippen LogP contribution in [0.15, 0.2) is 52.8 Å². The van der Waals surface area contributed by atoms with E-state index in [4.69, 9.17) is 5.11 Å². The third kappa shape index (κ3) is 3.60. The molecule has 25 heavy (non-hydrogen) atoms. The number of azo groups is 1. The lowest BCUT2D eigenvalue weighted by molar-refractivity contribution is -0.136. The lowest BCUT2D eigenvalue weighted by Crippen LogP contribution is -2.00. The molecule has 3 rings (SSSR count). The summed E-state index contributed by atoms with van der Waals surface area (Å²) < 4.78 is 1.71. The molecule has 0 saturated heterocycles. The molecule has 2 heterocycles. The molecule has 0 saturated carbocycles. The van der Waals surface area contributed by atoms with Crippen LogP contribution in [0.25, 0.3) is 5.65 Å². The van der Waals surface area contributed by atoms with Gasteiger partial charge in [0.25, 0.3) is 0 Å². The Morgan fingerprint density at radius 1 is 1.16 bits per heavy atom. The topological polar surface area (TPSA) is 96.4 Å². The van der Waals surface area contributed by atoms with Crippen LogP contribution in [0.4, 0.5) is 11.5 Å². The lowest BCUT2D eigenvalue weighted by atomic mass is 10.1. The molecule has 0 atom stereocenters. The highest BCUT2D eigenvalue weighted by Gasteiger charge is 2.15. The molecule has 0 aliphatic carbocycles. The molecule has 0 aliphatic rings. The van der Waals surface area contributed by atoms with Crippen molar-refractivity contribution in [3.8, 4) is 0 Å². The maximum Gasteiger partial charge on any atom is 0.309 e. The van der Waals surface area contributed by atoms with Crippen LogP contribution in [-0.2, 0) is 11.2 Å². The Bertz CT molecular complexity index is 987. The lowest BCUT2D eigenvalue weighted by Gasteiger charge is -1.99. The van der Waals surface area contributed by atoms with E-state index in [2.05, 4.69) is 15.2 Å². The second-order valence-electron chi connectivity index (χ2n) is 5.69. The first-order chi connectivity index (χ1) is 11.9. The minimum absolute atomic E-state index is 0.0237. The van der Waals surface area contributed by atoms with Crippen molar-refractivity contribution in [2.45, 2.75) is 20.3 Å². The van der Waals surface area contributed by atoms with E-state index >= 15 is 0 Å². The molecule has 0 amide bonds. The van der Waals surface area contributed by atoms with Gasteiger partial charge in [-0.2, -0.15) is 0 Å². The van der Waals surface area contributed by atoms with E-state index in [-0.39, 0.29) is 12.2 Å². The Balaban J connectivity index is 2.01. The number of pyridine rings is 1. The minimum atomic E-state index is -0.984. The van der Waals surface area contributed by atoms with Crippen molar-refractivity contribution in [3.63, 3.8) is 0 Å². The number of nitrogens with zero attached hydrogens (tertiary/aromatic N) is 4. The number of carbonyl (C=O) groups is 2. The normalized spacial score (nSPS) is 11.3. The highest BCUT2D eigenvalue weighted by molar-refractivity contribution is 5.94. The van der Waals surface area contributed by atoms with Gasteiger partial charge in [-0.25, -0.2) is 4.98 Å². The Morgan fingerprint density at radius 3 is 2.52 bits per heavy atom. The summed E-state index contributed by atoms with van der Waals surface area (Å²) in [5, 5.41) is 17.4. The molecule has 1 N–H and O–H groups in total. The summed E-state index contributed by atoms with van der Waals surface area (Å²) in [6.07, 6.45) is 1.55. The van der Waals surface area contributed by atoms with Crippen LogP contribution in [-0.4, -0.2) is 26.2 Å². The second kappa shape index (κ2) is 6.64. The largest absolute Gasteiger partial charge is 0.481 e. The third-order valence-electron chi connectivity index (χ3n) is 3.68. The third-order valence-corrected chi connectivity index (χ3v) is 3.68. The second-order valence-corrected chi connectivity index (χ2v) is 5.69. The molecule has 1 aromatic carbocycles. The maximum absolute atomic E-state index is 11.3. The number of fused-ring (bicyclic) bond motifs is 1. The van der Waals surface area contributed by atoms with Crippen LogP contribution in [0.5, 0.6) is 0 Å². The number of aliphatic carboxylic acids is 1. The molecule has 0 bridgehead atoms. The van der Waals surface area contributed by atoms with Crippen LogP contribution in [0, 0.1) is 6.92 Å². The number of aromatic nitrogens is 2. The molecule has 126 valence electrons. The predicted octanol–water partition coefficient (Wildman–Crippen LogP) is 3.89. The molecule has 0 spiro atoms. The summed E-state index contributed by atoms with van der Waals surface area (Å²) in [5.74, 6) is -0.625. The average molecular weight is 336 g/mol. The Morgan fingerprint density at radius 2 is 1.88 bits per heavy atom. The van der Waals surface area contributed by atoms with E-state index in [1.54, 1.807) is 34.9 Å². The first kappa shape index (κ1) is 16.5. The zero-order valence-electron chi connectivity index (χ0n) is 13.8. The van der Waals surface area contributed by atoms with Gasteiger partial charge < -0.3 is 5.11 Å². The number of hydrogen-bond donors (Lipinski definition) is 1. The quantitative estimate of drug-likeness (QED) is 0.564. The van der Waals surface area contributed by atoms with Crippen molar-refractivity contribution < 1.29 is 14.7 Å². The highest BCUT2D eigenvalue weighted by atomic mass is 16.4. The molecule has 0 fully saturated rings. The van der Waals surface area contributed by atoms with Crippen LogP contribution < -0.4 is 0 Å². The number of carboxylic acids is 1. The fourth-order valence-electron chi connectivity index (χ4n) is 2.42. The zero-order valence-corrected chi connectivity index (χ0v) is 13.8. The Hall–Kier alpha value is -3.35. The highest BCUT2D eigenvalue weighted by Crippen LogP contribution is 2.25. The average Bonchev–Trinajstić information content (AvgIpc) is 2.88. The maximum atomic E-state index is 11.3. The smallest absolute Gasteiger partial charge is 0.309 e. The van der Waals surface area contributed by atoms with E-state index in [0.29, 0.717) is 28.4 Å². The minimum Gasteiger partial charge on any atom is -0.481 e. The van der Waals surface area contributed by atoms with Gasteiger partial charge in [0, 0.05) is 11.8 Å². The van der Waals surface area contributed by atoms with Gasteiger partial charge in [-0.3, -0.25) is 14.0 Å². The summed E-state index contributed by atoms with van der Waals surface area (Å²) in [6, 6.07) is 10.5. The number of aryl methyl sites for hydroxylation is 1. The van der Waals surface area contributed by atoms with Crippen LogP contribution >= 0.6 is 0 Å². The van der Waals surface area contributed by atoms with E-state index in [9.17, 15) is 9.59 Å². The number of imidazole rings is 1. The van der Waals surface area contributed by atoms with Crippen molar-refractivity contribution >= 4 is 28.9 Å². The van der Waals surface area contributed by atoms with Crippen LogP contribution in [0.2, 0.25) is 0 Å². The molecule has 7 nitrogen and oxygen atoms in total. The SMILES string of the molecule is CC(=O)c1ccc(N=Nc2c(CC(=O)O)nc3cc(C)ccn23)cc1. The monoisotopic (exact) mass is 336 g/mol. The van der Waals surface area contributed by atoms with Gasteiger partial charge in [0.15, 0.2) is 11.6 Å². The number of rotatable bonds is 5. The molecule has 0 unspecified atom stereocenters. The van der Waals surface area contributed by atoms with Gasteiger partial charge in [0.1, 0.15) is 5.65 Å². The van der Waals surface area contributed by atoms with E-state index in [1.807, 2.05) is 19.1 Å². The van der Waals surface area contributed by atoms with E-state index in [1.165, 1.54) is 6.92 Å². The fourth-order valence-corrected chi connectivity index (χ4v) is 2.42. The first-order valence-corrected chi connectivity index (χ1v) is 7.66. The number of benzene rings is 1. The molecule has 3 aromatic rings. The number of carbonyl (C=O) groups excluding carboxylic acids is 1. The Kier molecular flexibility index (Phi) is 4.38. The Labute approximate surface area is 143 Å². The number of ketones is 1. The van der Waals surface area contributed by atoms with Gasteiger partial charge in [0.05, 0.1) is 17.8 Å². The summed E-state index contributed by atoms with van der Waals surface area (Å²) in [4.78, 5) is 26.7.